The molecule has 1 aliphatic heterocycles. The molecule has 0 fully saturated rings. The van der Waals surface area contributed by atoms with E-state index in [0.29, 0.717) is 0 Å². The first kappa shape index (κ1) is 11.5. The number of ether oxygens (including phenoxy) is 1. The standard InChI is InChI=1S/C8H11NO6/c1-3(10)9-6-4(11)2-5(7(12)13)15-8(6)14/h2,4,6,8,11,14H,1H3,(H,9,10)(H,12,13)/t4-,6+,8+/m0/s1. The van der Waals surface area contributed by atoms with Crippen LogP contribution in [0.15, 0.2) is 11.8 Å². The van der Waals surface area contributed by atoms with Crippen molar-refractivity contribution in [1.82, 2.24) is 5.32 Å². The quantitative estimate of drug-likeness (QED) is 0.432. The minimum absolute atomic E-state index is 0.464. The van der Waals surface area contributed by atoms with Gasteiger partial charge in [-0.3, -0.25) is 4.79 Å². The minimum Gasteiger partial charge on any atom is -0.475 e. The van der Waals surface area contributed by atoms with E-state index in [1.807, 2.05) is 0 Å². The van der Waals surface area contributed by atoms with Gasteiger partial charge < -0.3 is 25.4 Å². The summed E-state index contributed by atoms with van der Waals surface area (Å²) in [6.07, 6.45) is -1.97. The molecule has 1 amide bonds. The average molecular weight is 217 g/mol. The number of aliphatic hydroxyl groups is 2. The van der Waals surface area contributed by atoms with Gasteiger partial charge in [-0.05, 0) is 6.08 Å². The van der Waals surface area contributed by atoms with Crippen LogP contribution in [0.1, 0.15) is 6.92 Å². The third-order valence-electron chi connectivity index (χ3n) is 1.83. The van der Waals surface area contributed by atoms with Gasteiger partial charge in [0.1, 0.15) is 12.1 Å². The Labute approximate surface area is 85.0 Å². The Balaban J connectivity index is 2.80. The van der Waals surface area contributed by atoms with Crippen molar-refractivity contribution in [2.45, 2.75) is 25.4 Å². The maximum absolute atomic E-state index is 10.7. The van der Waals surface area contributed by atoms with Crippen molar-refractivity contribution in [3.05, 3.63) is 11.8 Å². The summed E-state index contributed by atoms with van der Waals surface area (Å²) in [5.41, 5.74) is 0. The Morgan fingerprint density at radius 2 is 2.07 bits per heavy atom. The van der Waals surface area contributed by atoms with Crippen LogP contribution in [0.5, 0.6) is 0 Å². The van der Waals surface area contributed by atoms with Gasteiger partial charge in [-0.1, -0.05) is 0 Å². The van der Waals surface area contributed by atoms with Crippen LogP contribution < -0.4 is 5.32 Å². The number of aliphatic carboxylic acids is 1. The van der Waals surface area contributed by atoms with Crippen molar-refractivity contribution in [2.75, 3.05) is 0 Å². The van der Waals surface area contributed by atoms with Crippen molar-refractivity contribution in [3.8, 4) is 0 Å². The third-order valence-corrected chi connectivity index (χ3v) is 1.83. The Morgan fingerprint density at radius 1 is 1.47 bits per heavy atom. The highest BCUT2D eigenvalue weighted by molar-refractivity contribution is 5.84. The Kier molecular flexibility index (Phi) is 3.28. The zero-order chi connectivity index (χ0) is 11.6. The molecule has 0 unspecified atom stereocenters. The zero-order valence-electron chi connectivity index (χ0n) is 7.88. The highest BCUT2D eigenvalue weighted by Crippen LogP contribution is 2.16. The molecule has 0 aliphatic carbocycles. The monoisotopic (exact) mass is 217 g/mol. The molecule has 4 N–H and O–H groups in total. The fraction of sp³-hybridized carbons (Fsp3) is 0.500. The SMILES string of the molecule is CC(=O)N[C@H]1[C@H](O)OC(C(=O)O)=C[C@@H]1O. The van der Waals surface area contributed by atoms with Gasteiger partial charge in [0.2, 0.25) is 18.0 Å². The van der Waals surface area contributed by atoms with E-state index in [2.05, 4.69) is 10.1 Å². The maximum atomic E-state index is 10.7. The summed E-state index contributed by atoms with van der Waals surface area (Å²) < 4.78 is 4.57. The maximum Gasteiger partial charge on any atom is 0.371 e. The number of carboxylic acids is 1. The van der Waals surface area contributed by atoms with E-state index in [9.17, 15) is 19.8 Å². The number of nitrogens with one attached hydrogen (secondary N) is 1. The van der Waals surface area contributed by atoms with Gasteiger partial charge in [0.15, 0.2) is 0 Å². The molecule has 0 spiro atoms. The number of carbonyl (C=O) groups is 2. The lowest BCUT2D eigenvalue weighted by atomic mass is 10.1. The highest BCUT2D eigenvalue weighted by Gasteiger charge is 2.35. The van der Waals surface area contributed by atoms with Crippen LogP contribution in [-0.2, 0) is 14.3 Å². The number of aliphatic hydroxyl groups excluding tert-OH is 2. The minimum atomic E-state index is -1.58. The fourth-order valence-electron chi connectivity index (χ4n) is 1.18. The number of carboxylic acid groups (broad SMARTS) is 1. The molecule has 0 saturated heterocycles. The first-order chi connectivity index (χ1) is 6.91. The van der Waals surface area contributed by atoms with Gasteiger partial charge in [-0.15, -0.1) is 0 Å². The van der Waals surface area contributed by atoms with E-state index >= 15 is 0 Å². The Morgan fingerprint density at radius 3 is 2.47 bits per heavy atom. The number of carbonyl (C=O) groups excluding carboxylic acids is 1. The lowest BCUT2D eigenvalue weighted by Crippen LogP contribution is -2.53. The summed E-state index contributed by atoms with van der Waals surface area (Å²) >= 11 is 0. The Bertz CT molecular complexity index is 312. The predicted molar refractivity (Wildman–Crippen MR) is 46.4 cm³/mol. The molecule has 15 heavy (non-hydrogen) atoms. The van der Waals surface area contributed by atoms with Crippen molar-refractivity contribution >= 4 is 11.9 Å². The molecule has 0 saturated carbocycles. The molecule has 1 rings (SSSR count). The van der Waals surface area contributed by atoms with Crippen LogP contribution in [0.25, 0.3) is 0 Å². The second kappa shape index (κ2) is 4.28. The molecule has 0 aromatic rings. The summed E-state index contributed by atoms with van der Waals surface area (Å²) in [5, 5.41) is 29.5. The second-order valence-corrected chi connectivity index (χ2v) is 3.06. The lowest BCUT2D eigenvalue weighted by molar-refractivity contribution is -0.156. The van der Waals surface area contributed by atoms with Crippen molar-refractivity contribution < 1.29 is 29.6 Å². The lowest BCUT2D eigenvalue weighted by Gasteiger charge is -2.30. The van der Waals surface area contributed by atoms with E-state index in [1.165, 1.54) is 6.92 Å². The van der Waals surface area contributed by atoms with Crippen LogP contribution in [0, 0.1) is 0 Å². The topological polar surface area (TPSA) is 116 Å². The first-order valence-electron chi connectivity index (χ1n) is 4.17. The summed E-state index contributed by atoms with van der Waals surface area (Å²) in [6, 6.07) is -1.06. The van der Waals surface area contributed by atoms with Crippen molar-refractivity contribution in [1.29, 1.82) is 0 Å². The summed E-state index contributed by atoms with van der Waals surface area (Å²) in [5.74, 6) is -2.40. The van der Waals surface area contributed by atoms with Crippen LogP contribution in [0.3, 0.4) is 0 Å². The molecule has 0 aromatic carbocycles. The molecule has 1 heterocycles. The third kappa shape index (κ3) is 2.67. The van der Waals surface area contributed by atoms with Crippen molar-refractivity contribution in [3.63, 3.8) is 0 Å². The Hall–Kier alpha value is -1.60. The van der Waals surface area contributed by atoms with Gasteiger partial charge in [0.25, 0.3) is 0 Å². The normalized spacial score (nSPS) is 30.1. The van der Waals surface area contributed by atoms with Gasteiger partial charge in [-0.25, -0.2) is 4.79 Å². The van der Waals surface area contributed by atoms with Crippen LogP contribution in [-0.4, -0.2) is 45.6 Å². The predicted octanol–water partition coefficient (Wildman–Crippen LogP) is -1.83. The van der Waals surface area contributed by atoms with Gasteiger partial charge in [0, 0.05) is 6.92 Å². The number of hydrogen-bond acceptors (Lipinski definition) is 5. The van der Waals surface area contributed by atoms with E-state index in [1.54, 1.807) is 0 Å². The molecule has 7 heteroatoms. The number of hydrogen-bond donors (Lipinski definition) is 4. The molecule has 84 valence electrons. The molecular formula is C8H11NO6. The number of amides is 1. The van der Waals surface area contributed by atoms with E-state index in [0.717, 1.165) is 6.08 Å². The molecular weight excluding hydrogens is 206 g/mol. The number of rotatable bonds is 2. The summed E-state index contributed by atoms with van der Waals surface area (Å²) in [6.45, 7) is 1.20. The summed E-state index contributed by atoms with van der Waals surface area (Å²) in [7, 11) is 0. The second-order valence-electron chi connectivity index (χ2n) is 3.06. The molecule has 0 radical (unpaired) electrons. The average Bonchev–Trinajstić information content (AvgIpc) is 2.10. The molecule has 3 atom stereocenters. The van der Waals surface area contributed by atoms with Gasteiger partial charge in [-0.2, -0.15) is 0 Å². The van der Waals surface area contributed by atoms with Crippen LogP contribution in [0.4, 0.5) is 0 Å². The largest absolute Gasteiger partial charge is 0.475 e. The molecule has 1 aliphatic rings. The molecule has 0 bridgehead atoms. The van der Waals surface area contributed by atoms with E-state index in [4.69, 9.17) is 5.11 Å². The summed E-state index contributed by atoms with van der Waals surface area (Å²) in [4.78, 5) is 21.2. The molecule has 0 aromatic heterocycles. The van der Waals surface area contributed by atoms with Gasteiger partial charge in [0.05, 0.1) is 0 Å². The van der Waals surface area contributed by atoms with Crippen molar-refractivity contribution in [2.24, 2.45) is 0 Å². The smallest absolute Gasteiger partial charge is 0.371 e. The van der Waals surface area contributed by atoms with E-state index < -0.39 is 36.1 Å². The molecule has 7 nitrogen and oxygen atoms in total. The van der Waals surface area contributed by atoms with Gasteiger partial charge >= 0.3 is 5.97 Å². The van der Waals surface area contributed by atoms with E-state index in [-0.39, 0.29) is 0 Å². The highest BCUT2D eigenvalue weighted by atomic mass is 16.6. The first-order valence-corrected chi connectivity index (χ1v) is 4.17. The van der Waals surface area contributed by atoms with Crippen LogP contribution in [0.2, 0.25) is 0 Å². The van der Waals surface area contributed by atoms with Crippen LogP contribution >= 0.6 is 0 Å². The fourth-order valence-corrected chi connectivity index (χ4v) is 1.18. The zero-order valence-corrected chi connectivity index (χ0v) is 7.88.